The largest absolute Gasteiger partial charge is 0.394 e. The van der Waals surface area contributed by atoms with Crippen molar-refractivity contribution >= 4 is 0 Å². The van der Waals surface area contributed by atoms with E-state index >= 15 is 0 Å². The highest BCUT2D eigenvalue weighted by atomic mass is 16.3. The molecule has 1 unspecified atom stereocenters. The number of aliphatic hydroxyl groups excluding tert-OH is 1. The number of aromatic nitrogens is 2. The lowest BCUT2D eigenvalue weighted by Crippen LogP contribution is -2.15. The van der Waals surface area contributed by atoms with Crippen molar-refractivity contribution in [3.05, 3.63) is 18.0 Å². The summed E-state index contributed by atoms with van der Waals surface area (Å²) < 4.78 is 1.79. The van der Waals surface area contributed by atoms with Crippen LogP contribution in [0.25, 0.3) is 0 Å². The van der Waals surface area contributed by atoms with E-state index in [1.165, 1.54) is 0 Å². The van der Waals surface area contributed by atoms with E-state index in [0.717, 1.165) is 5.69 Å². The van der Waals surface area contributed by atoms with Crippen molar-refractivity contribution in [2.45, 2.75) is 19.4 Å². The van der Waals surface area contributed by atoms with Gasteiger partial charge in [0.05, 0.1) is 13.2 Å². The topological polar surface area (TPSA) is 64.1 Å². The third kappa shape index (κ3) is 1.84. The summed E-state index contributed by atoms with van der Waals surface area (Å²) in [6.45, 7) is 3.32. The van der Waals surface area contributed by atoms with Crippen LogP contribution in [0.2, 0.25) is 0 Å². The first-order valence-corrected chi connectivity index (χ1v) is 4.12. The van der Waals surface area contributed by atoms with E-state index in [1.807, 2.05) is 13.0 Å². The molecule has 0 saturated carbocycles. The Morgan fingerprint density at radius 1 is 1.75 bits per heavy atom. The van der Waals surface area contributed by atoms with Crippen LogP contribution >= 0.6 is 0 Å². The Kier molecular flexibility index (Phi) is 3.25. The second kappa shape index (κ2) is 4.23. The van der Waals surface area contributed by atoms with Crippen molar-refractivity contribution < 1.29 is 5.11 Å². The fraction of sp³-hybridized carbons (Fsp3) is 0.625. The standard InChI is InChI=1S/C8H15N3O/c1-7(6-9)8-2-3-10-11(8)4-5-12/h2-3,7,12H,4-6,9H2,1H3. The van der Waals surface area contributed by atoms with E-state index in [4.69, 9.17) is 10.8 Å². The van der Waals surface area contributed by atoms with Gasteiger partial charge >= 0.3 is 0 Å². The Morgan fingerprint density at radius 3 is 3.08 bits per heavy atom. The minimum absolute atomic E-state index is 0.117. The summed E-state index contributed by atoms with van der Waals surface area (Å²) in [6.07, 6.45) is 1.73. The molecule has 1 aromatic rings. The zero-order valence-electron chi connectivity index (χ0n) is 7.27. The number of nitrogens with zero attached hydrogens (tertiary/aromatic N) is 2. The van der Waals surface area contributed by atoms with Crippen LogP contribution in [0.5, 0.6) is 0 Å². The SMILES string of the molecule is CC(CN)c1ccnn1CCO. The van der Waals surface area contributed by atoms with Crippen LogP contribution in [0.15, 0.2) is 12.3 Å². The van der Waals surface area contributed by atoms with Gasteiger partial charge in [-0.25, -0.2) is 0 Å². The minimum atomic E-state index is 0.117. The summed E-state index contributed by atoms with van der Waals surface area (Å²) in [5.74, 6) is 0.305. The highest BCUT2D eigenvalue weighted by Crippen LogP contribution is 2.12. The quantitative estimate of drug-likeness (QED) is 0.663. The zero-order chi connectivity index (χ0) is 8.97. The molecule has 3 N–H and O–H groups in total. The van der Waals surface area contributed by atoms with E-state index in [9.17, 15) is 0 Å². The summed E-state index contributed by atoms with van der Waals surface area (Å²) in [4.78, 5) is 0. The number of rotatable bonds is 4. The van der Waals surface area contributed by atoms with Gasteiger partial charge in [-0.3, -0.25) is 4.68 Å². The monoisotopic (exact) mass is 169 g/mol. The Hall–Kier alpha value is -0.870. The fourth-order valence-corrected chi connectivity index (χ4v) is 1.16. The number of nitrogens with two attached hydrogens (primary N) is 1. The first-order valence-electron chi connectivity index (χ1n) is 4.12. The van der Waals surface area contributed by atoms with Crippen LogP contribution in [0, 0.1) is 0 Å². The predicted molar refractivity (Wildman–Crippen MR) is 46.8 cm³/mol. The second-order valence-electron chi connectivity index (χ2n) is 2.84. The smallest absolute Gasteiger partial charge is 0.0644 e. The molecule has 0 spiro atoms. The van der Waals surface area contributed by atoms with Gasteiger partial charge in [0.15, 0.2) is 0 Å². The molecule has 0 saturated heterocycles. The normalized spacial score (nSPS) is 13.2. The summed E-state index contributed by atoms with van der Waals surface area (Å²) in [6, 6.07) is 1.94. The van der Waals surface area contributed by atoms with E-state index in [2.05, 4.69) is 5.10 Å². The van der Waals surface area contributed by atoms with Crippen molar-refractivity contribution in [1.29, 1.82) is 0 Å². The third-order valence-corrected chi connectivity index (χ3v) is 1.92. The summed E-state index contributed by atoms with van der Waals surface area (Å²) in [5.41, 5.74) is 6.61. The van der Waals surface area contributed by atoms with Crippen LogP contribution in [0.4, 0.5) is 0 Å². The predicted octanol–water partition coefficient (Wildman–Crippen LogP) is -0.0624. The molecule has 1 aromatic heterocycles. The molecule has 0 amide bonds. The molecule has 1 rings (SSSR count). The second-order valence-corrected chi connectivity index (χ2v) is 2.84. The molecule has 0 bridgehead atoms. The Bertz CT molecular complexity index is 234. The maximum absolute atomic E-state index is 8.72. The molecule has 4 nitrogen and oxygen atoms in total. The van der Waals surface area contributed by atoms with Gasteiger partial charge < -0.3 is 10.8 Å². The van der Waals surface area contributed by atoms with Crippen molar-refractivity contribution in [1.82, 2.24) is 9.78 Å². The molecule has 0 fully saturated rings. The number of hydrogen-bond acceptors (Lipinski definition) is 3. The van der Waals surface area contributed by atoms with Gasteiger partial charge in [-0.2, -0.15) is 5.10 Å². The molecule has 1 atom stereocenters. The van der Waals surface area contributed by atoms with E-state index in [-0.39, 0.29) is 6.61 Å². The van der Waals surface area contributed by atoms with Crippen LogP contribution < -0.4 is 5.73 Å². The van der Waals surface area contributed by atoms with Crippen molar-refractivity contribution in [2.24, 2.45) is 5.73 Å². The molecule has 0 aromatic carbocycles. The Labute approximate surface area is 72.0 Å². The summed E-state index contributed by atoms with van der Waals surface area (Å²) in [7, 11) is 0. The fourth-order valence-electron chi connectivity index (χ4n) is 1.16. The van der Waals surface area contributed by atoms with Gasteiger partial charge in [0.2, 0.25) is 0 Å². The molecule has 0 aliphatic heterocycles. The zero-order valence-corrected chi connectivity index (χ0v) is 7.27. The average molecular weight is 169 g/mol. The lowest BCUT2D eigenvalue weighted by atomic mass is 10.1. The number of aliphatic hydroxyl groups is 1. The van der Waals surface area contributed by atoms with Crippen LogP contribution in [-0.4, -0.2) is 28.0 Å². The maximum Gasteiger partial charge on any atom is 0.0644 e. The lowest BCUT2D eigenvalue weighted by Gasteiger charge is -2.10. The molecule has 68 valence electrons. The lowest BCUT2D eigenvalue weighted by molar-refractivity contribution is 0.266. The van der Waals surface area contributed by atoms with Crippen LogP contribution in [-0.2, 0) is 6.54 Å². The molecule has 0 aliphatic carbocycles. The first kappa shape index (κ1) is 9.22. The van der Waals surface area contributed by atoms with Crippen molar-refractivity contribution in [3.8, 4) is 0 Å². The minimum Gasteiger partial charge on any atom is -0.394 e. The molecule has 0 radical (unpaired) electrons. The van der Waals surface area contributed by atoms with Crippen LogP contribution in [0.1, 0.15) is 18.5 Å². The van der Waals surface area contributed by atoms with E-state index in [0.29, 0.717) is 19.0 Å². The molecule has 1 heterocycles. The van der Waals surface area contributed by atoms with E-state index < -0.39 is 0 Å². The maximum atomic E-state index is 8.72. The summed E-state index contributed by atoms with van der Waals surface area (Å²) in [5, 5.41) is 12.8. The van der Waals surface area contributed by atoms with Gasteiger partial charge in [0, 0.05) is 24.4 Å². The molecule has 4 heteroatoms. The van der Waals surface area contributed by atoms with Gasteiger partial charge in [-0.05, 0) is 6.07 Å². The van der Waals surface area contributed by atoms with E-state index in [1.54, 1.807) is 10.9 Å². The highest BCUT2D eigenvalue weighted by Gasteiger charge is 2.08. The van der Waals surface area contributed by atoms with Crippen molar-refractivity contribution in [2.75, 3.05) is 13.2 Å². The molecular formula is C8H15N3O. The molecule has 0 aliphatic rings. The van der Waals surface area contributed by atoms with Gasteiger partial charge in [0.1, 0.15) is 0 Å². The van der Waals surface area contributed by atoms with Gasteiger partial charge in [-0.15, -0.1) is 0 Å². The Morgan fingerprint density at radius 2 is 2.50 bits per heavy atom. The third-order valence-electron chi connectivity index (χ3n) is 1.92. The first-order chi connectivity index (χ1) is 5.79. The highest BCUT2D eigenvalue weighted by molar-refractivity contribution is 5.06. The Balaban J connectivity index is 2.76. The molecular weight excluding hydrogens is 154 g/mol. The van der Waals surface area contributed by atoms with Gasteiger partial charge in [0.25, 0.3) is 0 Å². The molecule has 12 heavy (non-hydrogen) atoms. The average Bonchev–Trinajstić information content (AvgIpc) is 2.52. The van der Waals surface area contributed by atoms with Gasteiger partial charge in [-0.1, -0.05) is 6.92 Å². The van der Waals surface area contributed by atoms with Crippen molar-refractivity contribution in [3.63, 3.8) is 0 Å². The number of hydrogen-bond donors (Lipinski definition) is 2. The van der Waals surface area contributed by atoms with Crippen LogP contribution in [0.3, 0.4) is 0 Å². The summed E-state index contributed by atoms with van der Waals surface area (Å²) >= 11 is 0.